The molecule has 5 aliphatic rings. The van der Waals surface area contributed by atoms with Gasteiger partial charge in [-0.1, -0.05) is 60.1 Å². The molecule has 0 spiro atoms. The largest absolute Gasteiger partial charge is 0.481 e. The zero-order valence-corrected chi connectivity index (χ0v) is 22.4. The maximum atomic E-state index is 16.7. The quantitative estimate of drug-likeness (QED) is 0.389. The van der Waals surface area contributed by atoms with Gasteiger partial charge in [-0.3, -0.25) is 4.79 Å². The first-order valence-corrected chi connectivity index (χ1v) is 13.9. The van der Waals surface area contributed by atoms with Crippen LogP contribution in [0.15, 0.2) is 11.6 Å². The molecule has 0 radical (unpaired) electrons. The molecule has 0 aromatic carbocycles. The number of carboxylic acid groups (broad SMARTS) is 1. The lowest BCUT2D eigenvalue weighted by Crippen LogP contribution is -2.68. The summed E-state index contributed by atoms with van der Waals surface area (Å²) in [6.07, 6.45) is 6.20. The number of hydrogen-bond acceptors (Lipinski definition) is 1. The van der Waals surface area contributed by atoms with Crippen LogP contribution in [0, 0.1) is 56.7 Å². The van der Waals surface area contributed by atoms with Crippen molar-refractivity contribution in [2.75, 3.05) is 0 Å². The van der Waals surface area contributed by atoms with E-state index in [0.717, 1.165) is 32.1 Å². The Kier molecular flexibility index (Phi) is 5.32. The smallest absolute Gasteiger partial charge is 0.310 e. The number of rotatable bonds is 1. The molecule has 0 saturated heterocycles. The summed E-state index contributed by atoms with van der Waals surface area (Å²) < 4.78 is 31.8. The highest BCUT2D eigenvalue weighted by Gasteiger charge is 2.72. The summed E-state index contributed by atoms with van der Waals surface area (Å²) in [5.41, 5.74) is -0.964. The van der Waals surface area contributed by atoms with E-state index in [2.05, 4.69) is 40.7 Å². The molecule has 0 aromatic heterocycles. The van der Waals surface area contributed by atoms with Gasteiger partial charge in [-0.2, -0.15) is 0 Å². The molecular weight excluding hydrogens is 430 g/mol. The van der Waals surface area contributed by atoms with Gasteiger partial charge in [0.05, 0.1) is 5.41 Å². The normalized spacial score (nSPS) is 56.3. The van der Waals surface area contributed by atoms with Gasteiger partial charge in [0, 0.05) is 5.41 Å². The van der Waals surface area contributed by atoms with Crippen molar-refractivity contribution < 1.29 is 18.7 Å². The fraction of sp³-hybridized carbons (Fsp3) is 0.900. The molecule has 0 amide bonds. The van der Waals surface area contributed by atoms with Crippen molar-refractivity contribution >= 4 is 5.97 Å². The molecule has 5 aliphatic carbocycles. The Balaban J connectivity index is 1.65. The predicted molar refractivity (Wildman–Crippen MR) is 132 cm³/mol. The second-order valence-electron chi connectivity index (χ2n) is 14.5. The van der Waals surface area contributed by atoms with Gasteiger partial charge in [0.25, 0.3) is 0 Å². The third-order valence-corrected chi connectivity index (χ3v) is 13.3. The Bertz CT molecular complexity index is 911. The number of alkyl halides is 2. The van der Waals surface area contributed by atoms with Crippen LogP contribution in [0.1, 0.15) is 99.8 Å². The summed E-state index contributed by atoms with van der Waals surface area (Å²) >= 11 is 0. The van der Waals surface area contributed by atoms with E-state index in [1.807, 2.05) is 13.8 Å². The highest BCUT2D eigenvalue weighted by atomic mass is 19.1. The minimum atomic E-state index is -0.998. The first-order chi connectivity index (χ1) is 15.7. The van der Waals surface area contributed by atoms with Crippen molar-refractivity contribution in [1.29, 1.82) is 0 Å². The SMILES string of the molecule is CC1CCC2(C(=O)O)CCC3(C)C(=CCC4C5(C)CCC(F)C(C)(C)C5CC(F)C43C)C2C1C. The second-order valence-corrected chi connectivity index (χ2v) is 14.5. The fourth-order valence-corrected chi connectivity index (χ4v) is 10.7. The highest BCUT2D eigenvalue weighted by molar-refractivity contribution is 5.76. The monoisotopic (exact) mass is 476 g/mol. The van der Waals surface area contributed by atoms with Crippen LogP contribution in [0.25, 0.3) is 0 Å². The Morgan fingerprint density at radius 2 is 1.62 bits per heavy atom. The van der Waals surface area contributed by atoms with E-state index >= 15 is 8.78 Å². The molecule has 4 heteroatoms. The minimum Gasteiger partial charge on any atom is -0.481 e. The lowest BCUT2D eigenvalue weighted by molar-refractivity contribution is -0.225. The van der Waals surface area contributed by atoms with Crippen LogP contribution >= 0.6 is 0 Å². The van der Waals surface area contributed by atoms with E-state index < -0.39 is 34.6 Å². The van der Waals surface area contributed by atoms with E-state index in [-0.39, 0.29) is 34.5 Å². The number of carboxylic acids is 1. The summed E-state index contributed by atoms with van der Waals surface area (Å²) in [5.74, 6) is 0.277. The topological polar surface area (TPSA) is 37.3 Å². The number of aliphatic carboxylic acids is 1. The standard InChI is InChI=1S/C30H46F2O2/c1-17-10-13-30(25(33)34)15-14-28(6)19(24(30)18(17)2)8-9-20-27(5)12-11-22(31)26(3,4)21(27)16-23(32)29(20,28)7/h8,17-18,20-24H,9-16H2,1-7H3,(H,33,34). The average molecular weight is 477 g/mol. The maximum Gasteiger partial charge on any atom is 0.310 e. The Hall–Kier alpha value is -0.930. The van der Waals surface area contributed by atoms with Gasteiger partial charge in [0.1, 0.15) is 12.3 Å². The van der Waals surface area contributed by atoms with E-state index in [4.69, 9.17) is 0 Å². The van der Waals surface area contributed by atoms with Crippen molar-refractivity contribution in [3.8, 4) is 0 Å². The van der Waals surface area contributed by atoms with Crippen molar-refractivity contribution in [2.24, 2.45) is 56.7 Å². The predicted octanol–water partition coefficient (Wildman–Crippen LogP) is 8.01. The van der Waals surface area contributed by atoms with E-state index in [1.165, 1.54) is 5.57 Å². The third kappa shape index (κ3) is 2.70. The van der Waals surface area contributed by atoms with Gasteiger partial charge in [-0.05, 0) is 97.2 Å². The Morgan fingerprint density at radius 1 is 0.941 bits per heavy atom. The van der Waals surface area contributed by atoms with Gasteiger partial charge in [0.15, 0.2) is 0 Å². The maximum absolute atomic E-state index is 16.7. The van der Waals surface area contributed by atoms with Gasteiger partial charge in [-0.25, -0.2) is 8.78 Å². The van der Waals surface area contributed by atoms with Crippen LogP contribution in [-0.2, 0) is 4.79 Å². The molecule has 0 bridgehead atoms. The second kappa shape index (κ2) is 7.31. The molecule has 4 fully saturated rings. The minimum absolute atomic E-state index is 0.0129. The van der Waals surface area contributed by atoms with E-state index in [0.29, 0.717) is 25.2 Å². The van der Waals surface area contributed by atoms with E-state index in [1.54, 1.807) is 0 Å². The molecule has 0 aliphatic heterocycles. The number of fused-ring (bicyclic) bond motifs is 7. The van der Waals surface area contributed by atoms with Crippen LogP contribution in [0.4, 0.5) is 8.78 Å². The molecule has 11 unspecified atom stereocenters. The van der Waals surface area contributed by atoms with Gasteiger partial charge >= 0.3 is 5.97 Å². The molecule has 1 N–H and O–H groups in total. The number of halogens is 2. The Labute approximate surface area is 205 Å². The molecule has 0 heterocycles. The molecule has 2 nitrogen and oxygen atoms in total. The van der Waals surface area contributed by atoms with Gasteiger partial charge < -0.3 is 5.11 Å². The fourth-order valence-electron chi connectivity index (χ4n) is 10.7. The summed E-state index contributed by atoms with van der Waals surface area (Å²) in [6, 6.07) is 0. The summed E-state index contributed by atoms with van der Waals surface area (Å²) in [7, 11) is 0. The Morgan fingerprint density at radius 3 is 2.26 bits per heavy atom. The zero-order valence-electron chi connectivity index (χ0n) is 22.4. The molecule has 0 aromatic rings. The summed E-state index contributed by atoms with van der Waals surface area (Å²) in [4.78, 5) is 12.8. The molecular formula is C30H46F2O2. The average Bonchev–Trinajstić information content (AvgIpc) is 2.76. The van der Waals surface area contributed by atoms with Crippen molar-refractivity contribution in [3.63, 3.8) is 0 Å². The molecule has 11 atom stereocenters. The molecule has 5 rings (SSSR count). The molecule has 192 valence electrons. The lowest BCUT2D eigenvalue weighted by atomic mass is 9.33. The van der Waals surface area contributed by atoms with Crippen molar-refractivity contribution in [3.05, 3.63) is 11.6 Å². The number of hydrogen-bond donors (Lipinski definition) is 1. The highest BCUT2D eigenvalue weighted by Crippen LogP contribution is 2.76. The first kappa shape index (κ1) is 24.8. The van der Waals surface area contributed by atoms with Gasteiger partial charge in [0.2, 0.25) is 0 Å². The number of carbonyl (C=O) groups is 1. The van der Waals surface area contributed by atoms with Crippen LogP contribution in [0.2, 0.25) is 0 Å². The first-order valence-electron chi connectivity index (χ1n) is 13.9. The number of allylic oxidation sites excluding steroid dienone is 2. The van der Waals surface area contributed by atoms with Crippen LogP contribution in [-0.4, -0.2) is 23.4 Å². The van der Waals surface area contributed by atoms with Crippen LogP contribution in [0.3, 0.4) is 0 Å². The van der Waals surface area contributed by atoms with E-state index in [9.17, 15) is 9.90 Å². The van der Waals surface area contributed by atoms with Crippen molar-refractivity contribution in [1.82, 2.24) is 0 Å². The van der Waals surface area contributed by atoms with Crippen LogP contribution < -0.4 is 0 Å². The summed E-state index contributed by atoms with van der Waals surface area (Å²) in [6.45, 7) is 15.3. The molecule has 34 heavy (non-hydrogen) atoms. The summed E-state index contributed by atoms with van der Waals surface area (Å²) in [5, 5.41) is 10.5. The third-order valence-electron chi connectivity index (χ3n) is 13.3. The zero-order chi connectivity index (χ0) is 25.1. The van der Waals surface area contributed by atoms with Crippen LogP contribution in [0.5, 0.6) is 0 Å². The molecule has 4 saturated carbocycles. The lowest BCUT2D eigenvalue weighted by Gasteiger charge is -2.71. The van der Waals surface area contributed by atoms with Gasteiger partial charge in [-0.15, -0.1) is 0 Å². The van der Waals surface area contributed by atoms with Crippen molar-refractivity contribution in [2.45, 2.75) is 112 Å².